The van der Waals surface area contributed by atoms with Gasteiger partial charge in [-0.3, -0.25) is 4.79 Å². The fraction of sp³-hybridized carbons (Fsp3) is 0.182. The second-order valence-electron chi connectivity index (χ2n) is 7.26. The first kappa shape index (κ1) is 22.4. The molecule has 2 unspecified atom stereocenters. The summed E-state index contributed by atoms with van der Waals surface area (Å²) in [6.45, 7) is 1.77. The Bertz CT molecular complexity index is 1170. The van der Waals surface area contributed by atoms with Crippen LogP contribution in [0.3, 0.4) is 0 Å². The second kappa shape index (κ2) is 9.76. The van der Waals surface area contributed by atoms with Gasteiger partial charge in [0.1, 0.15) is 22.6 Å². The van der Waals surface area contributed by atoms with E-state index in [1.54, 1.807) is 18.2 Å². The van der Waals surface area contributed by atoms with Gasteiger partial charge in [0.25, 0.3) is 0 Å². The van der Waals surface area contributed by atoms with Crippen molar-refractivity contribution in [3.63, 3.8) is 0 Å². The van der Waals surface area contributed by atoms with Gasteiger partial charge in [-0.15, -0.1) is 0 Å². The number of benzene rings is 1. The summed E-state index contributed by atoms with van der Waals surface area (Å²) in [6, 6.07) is 2.93. The lowest BCUT2D eigenvalue weighted by Crippen LogP contribution is -2.36. The Balaban J connectivity index is 1.54. The zero-order valence-corrected chi connectivity index (χ0v) is 18.7. The van der Waals surface area contributed by atoms with Gasteiger partial charge in [-0.25, -0.2) is 22.1 Å². The van der Waals surface area contributed by atoms with Gasteiger partial charge in [-0.1, -0.05) is 24.3 Å². The van der Waals surface area contributed by atoms with E-state index in [1.165, 1.54) is 18.2 Å². The quantitative estimate of drug-likeness (QED) is 0.552. The van der Waals surface area contributed by atoms with Gasteiger partial charge in [0.2, 0.25) is 5.91 Å². The van der Waals surface area contributed by atoms with E-state index in [0.717, 1.165) is 23.4 Å². The summed E-state index contributed by atoms with van der Waals surface area (Å²) in [5, 5.41) is 2.67. The Kier molecular flexibility index (Phi) is 6.83. The highest BCUT2D eigenvalue weighted by molar-refractivity contribution is 7.96. The third kappa shape index (κ3) is 4.98. The highest BCUT2D eigenvalue weighted by Crippen LogP contribution is 2.25. The van der Waals surface area contributed by atoms with Crippen LogP contribution >= 0.6 is 12.1 Å². The van der Waals surface area contributed by atoms with Gasteiger partial charge < -0.3 is 10.0 Å². The minimum absolute atomic E-state index is 0.101. The largest absolute Gasteiger partial charge is 0.348 e. The first-order valence-corrected chi connectivity index (χ1v) is 11.7. The Morgan fingerprint density at radius 1 is 1.34 bits per heavy atom. The summed E-state index contributed by atoms with van der Waals surface area (Å²) in [7, 11) is -1.63. The molecule has 1 aromatic carbocycles. The number of hydrogen-bond donors (Lipinski definition) is 3. The van der Waals surface area contributed by atoms with Crippen molar-refractivity contribution in [1.29, 1.82) is 0 Å². The van der Waals surface area contributed by atoms with Gasteiger partial charge >= 0.3 is 0 Å². The average Bonchev–Trinajstić information content (AvgIpc) is 3.16. The minimum atomic E-state index is -1.63. The molecule has 0 saturated carbocycles. The van der Waals surface area contributed by atoms with Crippen molar-refractivity contribution in [3.8, 4) is 0 Å². The molecule has 2 atom stereocenters. The molecule has 0 bridgehead atoms. The third-order valence-corrected chi connectivity index (χ3v) is 6.82. The Morgan fingerprint density at radius 3 is 3.00 bits per heavy atom. The van der Waals surface area contributed by atoms with Crippen molar-refractivity contribution in [2.45, 2.75) is 25.9 Å². The van der Waals surface area contributed by atoms with E-state index < -0.39 is 28.5 Å². The molecule has 1 aliphatic heterocycles. The normalized spacial score (nSPS) is 20.7. The van der Waals surface area contributed by atoms with Crippen LogP contribution in [0.15, 0.2) is 80.8 Å². The number of carbonyl (C=O) groups is 1. The van der Waals surface area contributed by atoms with E-state index in [9.17, 15) is 17.8 Å². The predicted octanol–water partition coefficient (Wildman–Crippen LogP) is 3.42. The van der Waals surface area contributed by atoms with Crippen molar-refractivity contribution >= 4 is 34.7 Å². The molecule has 3 N–H and O–H groups in total. The van der Waals surface area contributed by atoms with E-state index in [-0.39, 0.29) is 18.2 Å². The zero-order valence-electron chi connectivity index (χ0n) is 17.0. The summed E-state index contributed by atoms with van der Waals surface area (Å²) >= 11 is 1.19. The second-order valence-corrected chi connectivity index (χ2v) is 9.08. The molecular weight excluding hydrogens is 454 g/mol. The molecule has 3 aliphatic rings. The molecule has 2 aliphatic carbocycles. The summed E-state index contributed by atoms with van der Waals surface area (Å²) in [5.41, 5.74) is 2.62. The number of rotatable bonds is 6. The summed E-state index contributed by atoms with van der Waals surface area (Å²) in [5.74, 6) is -1.84. The maximum atomic E-state index is 13.9. The molecule has 32 heavy (non-hydrogen) atoms. The standard InChI is InChI=1S/C22H20F2N4O2S2/c1-13-4-2-5-16(22(29)25-12-14-8-9-15(23)11-17(14)24)19(10-13)28-32(30)20-7-3-6-18-21(20)27-31-26-18/h2-4,6-11,21,27-28H,5,12H2,1H3,(H,25,29). The predicted molar refractivity (Wildman–Crippen MR) is 123 cm³/mol. The van der Waals surface area contributed by atoms with E-state index in [0.29, 0.717) is 22.6 Å². The van der Waals surface area contributed by atoms with Gasteiger partial charge in [0, 0.05) is 23.7 Å². The van der Waals surface area contributed by atoms with Gasteiger partial charge in [0.15, 0.2) is 0 Å². The molecule has 10 heteroatoms. The molecule has 0 aromatic heterocycles. The fourth-order valence-electron chi connectivity index (χ4n) is 3.33. The topological polar surface area (TPSA) is 82.6 Å². The highest BCUT2D eigenvalue weighted by atomic mass is 32.2. The number of hydrogen-bond acceptors (Lipinski definition) is 5. The van der Waals surface area contributed by atoms with Crippen LogP contribution in [0, 0.1) is 11.6 Å². The average molecular weight is 475 g/mol. The van der Waals surface area contributed by atoms with E-state index >= 15 is 0 Å². The maximum Gasteiger partial charge on any atom is 0.249 e. The molecule has 1 heterocycles. The summed E-state index contributed by atoms with van der Waals surface area (Å²) in [6.07, 6.45) is 11.1. The number of nitrogens with one attached hydrogen (secondary N) is 3. The van der Waals surface area contributed by atoms with Crippen molar-refractivity contribution < 1.29 is 17.8 Å². The van der Waals surface area contributed by atoms with Crippen LogP contribution in [0.25, 0.3) is 0 Å². The van der Waals surface area contributed by atoms with Crippen molar-refractivity contribution in [2.75, 3.05) is 0 Å². The molecule has 0 spiro atoms. The number of halogens is 2. The zero-order chi connectivity index (χ0) is 22.7. The molecule has 0 saturated heterocycles. The van der Waals surface area contributed by atoms with Crippen LogP contribution in [-0.4, -0.2) is 21.9 Å². The molecule has 1 aromatic rings. The number of carbonyl (C=O) groups excluding carboxylic acids is 1. The minimum Gasteiger partial charge on any atom is -0.348 e. The first-order chi connectivity index (χ1) is 15.4. The van der Waals surface area contributed by atoms with Gasteiger partial charge in [0.05, 0.1) is 34.5 Å². The van der Waals surface area contributed by atoms with Crippen LogP contribution in [0.5, 0.6) is 0 Å². The first-order valence-electron chi connectivity index (χ1n) is 9.78. The van der Waals surface area contributed by atoms with Crippen molar-refractivity contribution in [1.82, 2.24) is 14.8 Å². The molecular formula is C22H20F2N4O2S2. The lowest BCUT2D eigenvalue weighted by atomic mass is 10.1. The van der Waals surface area contributed by atoms with Crippen LogP contribution < -0.4 is 14.8 Å². The highest BCUT2D eigenvalue weighted by Gasteiger charge is 2.30. The monoisotopic (exact) mass is 474 g/mol. The summed E-state index contributed by atoms with van der Waals surface area (Å²) in [4.78, 5) is 13.5. The molecule has 6 nitrogen and oxygen atoms in total. The number of fused-ring (bicyclic) bond motifs is 1. The van der Waals surface area contributed by atoms with Crippen LogP contribution in [0.2, 0.25) is 0 Å². The van der Waals surface area contributed by atoms with E-state index in [4.69, 9.17) is 0 Å². The smallest absolute Gasteiger partial charge is 0.249 e. The Morgan fingerprint density at radius 2 is 2.19 bits per heavy atom. The van der Waals surface area contributed by atoms with Crippen molar-refractivity contribution in [3.05, 3.63) is 93.6 Å². The Hall–Kier alpha value is -2.82. The van der Waals surface area contributed by atoms with Crippen LogP contribution in [-0.2, 0) is 22.3 Å². The molecule has 1 amide bonds. The number of nitrogens with zero attached hydrogens (tertiary/aromatic N) is 1. The lowest BCUT2D eigenvalue weighted by Gasteiger charge is -2.19. The van der Waals surface area contributed by atoms with Gasteiger partial charge in [-0.05, 0) is 43.2 Å². The fourth-order valence-corrected chi connectivity index (χ4v) is 5.18. The van der Waals surface area contributed by atoms with Gasteiger partial charge in [-0.2, -0.15) is 0 Å². The molecule has 0 fully saturated rings. The molecule has 166 valence electrons. The van der Waals surface area contributed by atoms with Crippen LogP contribution in [0.1, 0.15) is 18.9 Å². The van der Waals surface area contributed by atoms with Crippen LogP contribution in [0.4, 0.5) is 8.78 Å². The van der Waals surface area contributed by atoms with E-state index in [1.807, 2.05) is 25.2 Å². The number of amides is 1. The van der Waals surface area contributed by atoms with Crippen molar-refractivity contribution in [2.24, 2.45) is 4.40 Å². The number of allylic oxidation sites excluding steroid dienone is 6. The molecule has 0 radical (unpaired) electrons. The summed E-state index contributed by atoms with van der Waals surface area (Å²) < 4.78 is 50.5. The SMILES string of the molecule is CC1=CC(NS(=O)C2=CC=CC3=NSNC23)=C(C(=O)NCc2ccc(F)cc2F)CC=C1. The maximum absolute atomic E-state index is 13.9. The van der Waals surface area contributed by atoms with E-state index in [2.05, 4.69) is 19.2 Å². The Labute approximate surface area is 191 Å². The lowest BCUT2D eigenvalue weighted by molar-refractivity contribution is -0.117. The molecule has 4 rings (SSSR count). The third-order valence-electron chi connectivity index (χ3n) is 4.97.